The molecule has 0 spiro atoms. The molecule has 0 rings (SSSR count). The zero-order valence-electron chi connectivity index (χ0n) is 10.1. The molecule has 0 aliphatic heterocycles. The summed E-state index contributed by atoms with van der Waals surface area (Å²) in [7, 11) is -3.21. The van der Waals surface area contributed by atoms with Crippen LogP contribution in [0.25, 0.3) is 0 Å². The Hall–Kier alpha value is -0.130. The summed E-state index contributed by atoms with van der Waals surface area (Å²) in [6, 6.07) is -0.0175. The number of sulfonamides is 1. The number of hydrogen-bond acceptors (Lipinski definition) is 3. The maximum absolute atomic E-state index is 11.9. The molecule has 0 aromatic carbocycles. The fraction of sp³-hybridized carbons (Fsp3) is 1.00. The highest BCUT2D eigenvalue weighted by Gasteiger charge is 2.24. The smallest absolute Gasteiger partial charge is 0.214 e. The molecule has 0 aromatic heterocycles. The first kappa shape index (κ1) is 14.9. The Balaban J connectivity index is 4.60. The lowest BCUT2D eigenvalue weighted by atomic mass is 10.2. The fourth-order valence-electron chi connectivity index (χ4n) is 1.37. The first-order valence-corrected chi connectivity index (χ1v) is 7.02. The van der Waals surface area contributed by atoms with E-state index in [2.05, 4.69) is 0 Å². The van der Waals surface area contributed by atoms with Crippen molar-refractivity contribution in [2.24, 2.45) is 5.92 Å². The van der Waals surface area contributed by atoms with Gasteiger partial charge in [-0.15, -0.1) is 0 Å². The largest absolute Gasteiger partial charge is 0.396 e. The highest BCUT2D eigenvalue weighted by molar-refractivity contribution is 7.89. The Morgan fingerprint density at radius 3 is 2.07 bits per heavy atom. The van der Waals surface area contributed by atoms with Gasteiger partial charge in [0.2, 0.25) is 10.0 Å². The van der Waals surface area contributed by atoms with E-state index in [4.69, 9.17) is 5.11 Å². The van der Waals surface area contributed by atoms with Gasteiger partial charge in [0.05, 0.1) is 5.75 Å². The third-order valence-corrected chi connectivity index (χ3v) is 4.13. The minimum absolute atomic E-state index is 0.0175. The first-order chi connectivity index (χ1) is 6.81. The molecular weight excluding hydrogens is 214 g/mol. The second-order valence-corrected chi connectivity index (χ2v) is 6.49. The molecule has 15 heavy (non-hydrogen) atoms. The van der Waals surface area contributed by atoms with Gasteiger partial charge in [-0.2, -0.15) is 4.31 Å². The Morgan fingerprint density at radius 1 is 1.20 bits per heavy atom. The van der Waals surface area contributed by atoms with Crippen molar-refractivity contribution in [2.75, 3.05) is 18.9 Å². The van der Waals surface area contributed by atoms with Crippen molar-refractivity contribution >= 4 is 10.0 Å². The van der Waals surface area contributed by atoms with Gasteiger partial charge in [-0.1, -0.05) is 13.8 Å². The Bertz CT molecular complexity index is 260. The lowest BCUT2D eigenvalue weighted by Crippen LogP contribution is -2.40. The number of aliphatic hydroxyl groups is 1. The summed E-state index contributed by atoms with van der Waals surface area (Å²) in [6.45, 7) is 8.21. The Labute approximate surface area is 93.3 Å². The van der Waals surface area contributed by atoms with Crippen molar-refractivity contribution in [3.8, 4) is 0 Å². The third-order valence-electron chi connectivity index (χ3n) is 2.04. The summed E-state index contributed by atoms with van der Waals surface area (Å²) in [5.74, 6) is 0.352. The van der Waals surface area contributed by atoms with Gasteiger partial charge in [-0.25, -0.2) is 8.42 Å². The minimum atomic E-state index is -3.21. The van der Waals surface area contributed by atoms with Crippen molar-refractivity contribution in [1.82, 2.24) is 4.31 Å². The highest BCUT2D eigenvalue weighted by atomic mass is 32.2. The van der Waals surface area contributed by atoms with Gasteiger partial charge < -0.3 is 5.11 Å². The lowest BCUT2D eigenvalue weighted by Gasteiger charge is -2.27. The summed E-state index contributed by atoms with van der Waals surface area (Å²) in [4.78, 5) is 0. The van der Waals surface area contributed by atoms with E-state index in [9.17, 15) is 8.42 Å². The molecule has 0 aromatic rings. The topological polar surface area (TPSA) is 57.6 Å². The summed E-state index contributed by atoms with van der Waals surface area (Å²) in [5, 5.41) is 8.65. The minimum Gasteiger partial charge on any atom is -0.396 e. The first-order valence-electron chi connectivity index (χ1n) is 5.41. The van der Waals surface area contributed by atoms with E-state index in [0.29, 0.717) is 18.9 Å². The van der Waals surface area contributed by atoms with Crippen LogP contribution in [0.15, 0.2) is 0 Å². The van der Waals surface area contributed by atoms with Gasteiger partial charge in [0, 0.05) is 19.2 Å². The standard InChI is InChI=1S/C10H23NO3S/c1-9(2)8-11(10(3)4)15(13,14)7-5-6-12/h9-10,12H,5-8H2,1-4H3. The molecule has 0 unspecified atom stereocenters. The number of hydrogen-bond donors (Lipinski definition) is 1. The number of aliphatic hydroxyl groups excluding tert-OH is 1. The Kier molecular flexibility index (Phi) is 6.40. The van der Waals surface area contributed by atoms with Crippen molar-refractivity contribution in [1.29, 1.82) is 0 Å². The zero-order valence-corrected chi connectivity index (χ0v) is 10.9. The highest BCUT2D eigenvalue weighted by Crippen LogP contribution is 2.11. The van der Waals surface area contributed by atoms with E-state index in [0.717, 1.165) is 0 Å². The summed E-state index contributed by atoms with van der Waals surface area (Å²) in [6.07, 6.45) is 0.309. The van der Waals surface area contributed by atoms with Crippen LogP contribution in [-0.4, -0.2) is 42.8 Å². The number of nitrogens with zero attached hydrogens (tertiary/aromatic N) is 1. The van der Waals surface area contributed by atoms with Crippen LogP contribution < -0.4 is 0 Å². The molecule has 0 saturated carbocycles. The van der Waals surface area contributed by atoms with Gasteiger partial charge in [-0.05, 0) is 26.2 Å². The molecule has 1 N–H and O–H groups in total. The van der Waals surface area contributed by atoms with Crippen LogP contribution in [0.1, 0.15) is 34.1 Å². The van der Waals surface area contributed by atoms with Crippen LogP contribution in [0.5, 0.6) is 0 Å². The fourth-order valence-corrected chi connectivity index (χ4v) is 3.27. The van der Waals surface area contributed by atoms with Gasteiger partial charge in [0.15, 0.2) is 0 Å². The maximum Gasteiger partial charge on any atom is 0.214 e. The Morgan fingerprint density at radius 2 is 1.73 bits per heavy atom. The summed E-state index contributed by atoms with van der Waals surface area (Å²) in [5.41, 5.74) is 0. The SMILES string of the molecule is CC(C)CN(C(C)C)S(=O)(=O)CCCO. The van der Waals surface area contributed by atoms with Crippen LogP contribution in [0.4, 0.5) is 0 Å². The molecule has 0 heterocycles. The predicted octanol–water partition coefficient (Wildman–Crippen LogP) is 1.06. The van der Waals surface area contributed by atoms with E-state index >= 15 is 0 Å². The monoisotopic (exact) mass is 237 g/mol. The lowest BCUT2D eigenvalue weighted by molar-refractivity contribution is 0.289. The molecule has 0 fully saturated rings. The van der Waals surface area contributed by atoms with Crippen LogP contribution in [0.3, 0.4) is 0 Å². The van der Waals surface area contributed by atoms with Crippen LogP contribution in [-0.2, 0) is 10.0 Å². The molecule has 0 atom stereocenters. The van der Waals surface area contributed by atoms with Gasteiger partial charge in [0.25, 0.3) is 0 Å². The van der Waals surface area contributed by atoms with Crippen molar-refractivity contribution in [2.45, 2.75) is 40.2 Å². The predicted molar refractivity (Wildman–Crippen MR) is 62.2 cm³/mol. The molecule has 0 bridgehead atoms. The average Bonchev–Trinajstić information content (AvgIpc) is 2.10. The van der Waals surface area contributed by atoms with E-state index in [1.54, 1.807) is 0 Å². The van der Waals surface area contributed by atoms with E-state index < -0.39 is 10.0 Å². The second-order valence-electron chi connectivity index (χ2n) is 4.45. The third kappa shape index (κ3) is 5.49. The molecule has 5 heteroatoms. The van der Waals surface area contributed by atoms with E-state index in [-0.39, 0.29) is 18.4 Å². The van der Waals surface area contributed by atoms with Crippen LogP contribution >= 0.6 is 0 Å². The zero-order chi connectivity index (χ0) is 12.1. The number of rotatable bonds is 7. The van der Waals surface area contributed by atoms with Gasteiger partial charge in [0.1, 0.15) is 0 Å². The van der Waals surface area contributed by atoms with Gasteiger partial charge in [-0.3, -0.25) is 0 Å². The molecular formula is C10H23NO3S. The van der Waals surface area contributed by atoms with Crippen LogP contribution in [0, 0.1) is 5.92 Å². The average molecular weight is 237 g/mol. The van der Waals surface area contributed by atoms with E-state index in [1.165, 1.54) is 4.31 Å². The van der Waals surface area contributed by atoms with Crippen molar-refractivity contribution in [3.05, 3.63) is 0 Å². The normalized spacial score (nSPS) is 13.1. The second kappa shape index (κ2) is 6.45. The quantitative estimate of drug-likeness (QED) is 0.720. The maximum atomic E-state index is 11.9. The van der Waals surface area contributed by atoms with Crippen molar-refractivity contribution in [3.63, 3.8) is 0 Å². The summed E-state index contributed by atoms with van der Waals surface area (Å²) >= 11 is 0. The van der Waals surface area contributed by atoms with Gasteiger partial charge >= 0.3 is 0 Å². The molecule has 0 radical (unpaired) electrons. The molecule has 0 saturated heterocycles. The molecule has 4 nitrogen and oxygen atoms in total. The van der Waals surface area contributed by atoms with E-state index in [1.807, 2.05) is 27.7 Å². The summed E-state index contributed by atoms with van der Waals surface area (Å²) < 4.78 is 25.3. The molecule has 0 aliphatic carbocycles. The molecule has 0 amide bonds. The van der Waals surface area contributed by atoms with Crippen LogP contribution in [0.2, 0.25) is 0 Å². The molecule has 92 valence electrons. The molecule has 0 aliphatic rings. The van der Waals surface area contributed by atoms with Crippen molar-refractivity contribution < 1.29 is 13.5 Å².